The Hall–Kier alpha value is -2.05. The fourth-order valence-corrected chi connectivity index (χ4v) is 2.17. The molecule has 0 bridgehead atoms. The molecule has 1 aromatic heterocycles. The monoisotopic (exact) mass is 351 g/mol. The topological polar surface area (TPSA) is 79.3 Å². The van der Waals surface area contributed by atoms with Crippen molar-refractivity contribution in [2.24, 2.45) is 7.05 Å². The number of urea groups is 1. The maximum Gasteiger partial charge on any atom is 0.318 e. The zero-order chi connectivity index (χ0) is 19.6. The van der Waals surface area contributed by atoms with Crippen LogP contribution in [0.2, 0.25) is 0 Å². The summed E-state index contributed by atoms with van der Waals surface area (Å²) in [6, 6.07) is 1.52. The second kappa shape index (κ2) is 7.45. The lowest BCUT2D eigenvalue weighted by atomic mass is 9.92. The van der Waals surface area contributed by atoms with Crippen LogP contribution in [0, 0.1) is 0 Å². The van der Waals surface area contributed by atoms with Gasteiger partial charge < -0.3 is 15.5 Å². The number of hydrogen-bond donors (Lipinski definition) is 2. The van der Waals surface area contributed by atoms with E-state index in [1.807, 2.05) is 40.7 Å². The zero-order valence-electron chi connectivity index (χ0n) is 17.0. The summed E-state index contributed by atoms with van der Waals surface area (Å²) in [5.41, 5.74) is 0.443. The lowest BCUT2D eigenvalue weighted by Gasteiger charge is -2.30. The number of amides is 3. The Bertz CT molecular complexity index is 620. The summed E-state index contributed by atoms with van der Waals surface area (Å²) in [6.45, 7) is 15.7. The minimum absolute atomic E-state index is 0.0182. The molecule has 0 atom stereocenters. The van der Waals surface area contributed by atoms with Crippen molar-refractivity contribution in [3.8, 4) is 0 Å². The SMILES string of the molecule is CC(C)N(CC(=O)Nc1cc(C(C)(C)C)nn1C)C(=O)NC(C)(C)C. The van der Waals surface area contributed by atoms with Crippen LogP contribution in [0.15, 0.2) is 6.07 Å². The van der Waals surface area contributed by atoms with Crippen LogP contribution in [-0.2, 0) is 17.3 Å². The summed E-state index contributed by atoms with van der Waals surface area (Å²) in [7, 11) is 1.79. The van der Waals surface area contributed by atoms with Gasteiger partial charge >= 0.3 is 6.03 Å². The second-order valence-corrected chi connectivity index (χ2v) is 8.74. The van der Waals surface area contributed by atoms with Crippen LogP contribution in [0.25, 0.3) is 0 Å². The van der Waals surface area contributed by atoms with Gasteiger partial charge in [0.25, 0.3) is 0 Å². The molecule has 0 aliphatic carbocycles. The third-order valence-electron chi connectivity index (χ3n) is 3.60. The smallest absolute Gasteiger partial charge is 0.318 e. The molecule has 0 saturated heterocycles. The van der Waals surface area contributed by atoms with Gasteiger partial charge in [0.1, 0.15) is 12.4 Å². The predicted octanol–water partition coefficient (Wildman–Crippen LogP) is 2.87. The molecule has 0 unspecified atom stereocenters. The number of nitrogens with one attached hydrogen (secondary N) is 2. The third-order valence-corrected chi connectivity index (χ3v) is 3.60. The molecule has 0 aliphatic rings. The van der Waals surface area contributed by atoms with Crippen molar-refractivity contribution >= 4 is 17.8 Å². The molecule has 0 saturated carbocycles. The molecule has 25 heavy (non-hydrogen) atoms. The Morgan fingerprint density at radius 2 is 1.76 bits per heavy atom. The van der Waals surface area contributed by atoms with Gasteiger partial charge in [-0.1, -0.05) is 20.8 Å². The largest absolute Gasteiger partial charge is 0.333 e. The van der Waals surface area contributed by atoms with Crippen molar-refractivity contribution in [3.05, 3.63) is 11.8 Å². The Morgan fingerprint density at radius 1 is 1.20 bits per heavy atom. The highest BCUT2D eigenvalue weighted by atomic mass is 16.2. The normalized spacial score (nSPS) is 12.2. The average molecular weight is 351 g/mol. The standard InChI is InChI=1S/C18H33N5O2/c1-12(2)23(16(25)20-18(6,7)8)11-15(24)19-14-10-13(17(3,4)5)21-22(14)9/h10,12H,11H2,1-9H3,(H,19,24)(H,20,25). The number of carbonyl (C=O) groups excluding carboxylic acids is 2. The fourth-order valence-electron chi connectivity index (χ4n) is 2.17. The number of aryl methyl sites for hydroxylation is 1. The number of rotatable bonds is 4. The van der Waals surface area contributed by atoms with Crippen molar-refractivity contribution in [1.29, 1.82) is 0 Å². The van der Waals surface area contributed by atoms with E-state index in [9.17, 15) is 9.59 Å². The maximum absolute atomic E-state index is 12.4. The van der Waals surface area contributed by atoms with Crippen LogP contribution in [0.4, 0.5) is 10.6 Å². The lowest BCUT2D eigenvalue weighted by Crippen LogP contribution is -2.52. The summed E-state index contributed by atoms with van der Waals surface area (Å²) in [4.78, 5) is 26.4. The Labute approximate surface area is 151 Å². The summed E-state index contributed by atoms with van der Waals surface area (Å²) in [6.07, 6.45) is 0. The van der Waals surface area contributed by atoms with Crippen molar-refractivity contribution in [3.63, 3.8) is 0 Å². The molecule has 142 valence electrons. The van der Waals surface area contributed by atoms with E-state index < -0.39 is 0 Å². The number of aromatic nitrogens is 2. The van der Waals surface area contributed by atoms with Crippen molar-refractivity contribution in [2.75, 3.05) is 11.9 Å². The second-order valence-electron chi connectivity index (χ2n) is 8.74. The summed E-state index contributed by atoms with van der Waals surface area (Å²) >= 11 is 0. The van der Waals surface area contributed by atoms with E-state index in [0.29, 0.717) is 5.82 Å². The number of hydrogen-bond acceptors (Lipinski definition) is 3. The molecular formula is C18H33N5O2. The molecule has 2 N–H and O–H groups in total. The Kier molecular flexibility index (Phi) is 6.26. The van der Waals surface area contributed by atoms with Crippen LogP contribution in [-0.4, -0.2) is 44.7 Å². The third kappa shape index (κ3) is 6.40. The first-order valence-electron chi connectivity index (χ1n) is 8.64. The summed E-state index contributed by atoms with van der Waals surface area (Å²) in [5, 5.41) is 10.2. The van der Waals surface area contributed by atoms with E-state index in [1.165, 1.54) is 4.90 Å². The average Bonchev–Trinajstić information content (AvgIpc) is 2.75. The Morgan fingerprint density at radius 3 is 2.16 bits per heavy atom. The van der Waals surface area contributed by atoms with Gasteiger partial charge in [0.15, 0.2) is 0 Å². The van der Waals surface area contributed by atoms with Crippen LogP contribution in [0.1, 0.15) is 61.1 Å². The minimum atomic E-state index is -0.357. The maximum atomic E-state index is 12.4. The first-order chi connectivity index (χ1) is 11.2. The molecule has 1 heterocycles. The van der Waals surface area contributed by atoms with E-state index in [2.05, 4.69) is 36.5 Å². The molecular weight excluding hydrogens is 318 g/mol. The van der Waals surface area contributed by atoms with Gasteiger partial charge in [0.05, 0.1) is 5.69 Å². The molecule has 1 rings (SSSR count). The van der Waals surface area contributed by atoms with Crippen molar-refractivity contribution in [1.82, 2.24) is 20.0 Å². The van der Waals surface area contributed by atoms with Gasteiger partial charge in [-0.15, -0.1) is 0 Å². The van der Waals surface area contributed by atoms with Gasteiger partial charge in [0, 0.05) is 30.1 Å². The molecule has 0 aliphatic heterocycles. The molecule has 7 heteroatoms. The van der Waals surface area contributed by atoms with Gasteiger partial charge in [-0.2, -0.15) is 5.10 Å². The number of carbonyl (C=O) groups is 2. The van der Waals surface area contributed by atoms with Crippen LogP contribution in [0.5, 0.6) is 0 Å². The molecule has 1 aromatic rings. The van der Waals surface area contributed by atoms with Crippen LogP contribution < -0.4 is 10.6 Å². The molecule has 0 fully saturated rings. The van der Waals surface area contributed by atoms with E-state index in [-0.39, 0.29) is 35.5 Å². The van der Waals surface area contributed by atoms with E-state index in [4.69, 9.17) is 0 Å². The summed E-state index contributed by atoms with van der Waals surface area (Å²) in [5.74, 6) is 0.371. The van der Waals surface area contributed by atoms with Gasteiger partial charge in [0.2, 0.25) is 5.91 Å². The lowest BCUT2D eigenvalue weighted by molar-refractivity contribution is -0.117. The predicted molar refractivity (Wildman–Crippen MR) is 101 cm³/mol. The zero-order valence-corrected chi connectivity index (χ0v) is 17.0. The minimum Gasteiger partial charge on any atom is -0.333 e. The fraction of sp³-hybridized carbons (Fsp3) is 0.722. The summed E-state index contributed by atoms with van der Waals surface area (Å²) < 4.78 is 1.65. The van der Waals surface area contributed by atoms with Gasteiger partial charge in [-0.3, -0.25) is 9.48 Å². The van der Waals surface area contributed by atoms with Crippen LogP contribution in [0.3, 0.4) is 0 Å². The molecule has 0 radical (unpaired) electrons. The van der Waals surface area contributed by atoms with Crippen molar-refractivity contribution < 1.29 is 9.59 Å². The van der Waals surface area contributed by atoms with E-state index in [1.54, 1.807) is 11.7 Å². The Balaban J connectivity index is 2.83. The first-order valence-corrected chi connectivity index (χ1v) is 8.64. The van der Waals surface area contributed by atoms with Crippen LogP contribution >= 0.6 is 0 Å². The molecule has 7 nitrogen and oxygen atoms in total. The highest BCUT2D eigenvalue weighted by Crippen LogP contribution is 2.23. The quantitative estimate of drug-likeness (QED) is 0.875. The number of nitrogens with zero attached hydrogens (tertiary/aromatic N) is 3. The molecule has 3 amide bonds. The number of anilines is 1. The molecule has 0 spiro atoms. The molecule has 0 aromatic carbocycles. The van der Waals surface area contributed by atoms with Gasteiger partial charge in [-0.05, 0) is 34.6 Å². The van der Waals surface area contributed by atoms with Gasteiger partial charge in [-0.25, -0.2) is 4.79 Å². The van der Waals surface area contributed by atoms with Crippen molar-refractivity contribution in [2.45, 2.75) is 72.4 Å². The first kappa shape index (κ1) is 21.0. The van der Waals surface area contributed by atoms with E-state index in [0.717, 1.165) is 5.69 Å². The van der Waals surface area contributed by atoms with E-state index >= 15 is 0 Å². The highest BCUT2D eigenvalue weighted by molar-refractivity contribution is 5.93. The highest BCUT2D eigenvalue weighted by Gasteiger charge is 2.25.